The third kappa shape index (κ3) is 46.5. The van der Waals surface area contributed by atoms with Crippen molar-refractivity contribution < 1.29 is 42.9 Å². The monoisotopic (exact) mass is 885 g/mol. The number of rotatable bonds is 45. The van der Waals surface area contributed by atoms with Gasteiger partial charge in [-0.25, -0.2) is 4.79 Å². The average Bonchev–Trinajstić information content (AvgIpc) is 3.24. The maximum Gasteiger partial charge on any atom is 0.361 e. The molecular weight excluding hydrogens is 791 g/mol. The Balaban J connectivity index is 4.43. The van der Waals surface area contributed by atoms with E-state index in [0.717, 1.165) is 96.3 Å². The van der Waals surface area contributed by atoms with Crippen molar-refractivity contribution >= 4 is 17.9 Å². The minimum absolute atomic E-state index is 0.179. The van der Waals surface area contributed by atoms with E-state index in [0.29, 0.717) is 17.4 Å². The Morgan fingerprint density at radius 3 is 1.27 bits per heavy atom. The number of unbranched alkanes of at least 4 members (excludes halogenated alkanes) is 18. The molecule has 0 saturated carbocycles. The fourth-order valence-corrected chi connectivity index (χ4v) is 6.50. The Morgan fingerprint density at radius 1 is 0.476 bits per heavy atom. The topological polar surface area (TPSA) is 108 Å². The van der Waals surface area contributed by atoms with Crippen LogP contribution in [0.1, 0.15) is 194 Å². The minimum atomic E-state index is -1.52. The van der Waals surface area contributed by atoms with Gasteiger partial charge in [-0.05, 0) is 89.9 Å². The van der Waals surface area contributed by atoms with Gasteiger partial charge < -0.3 is 28.5 Å². The predicted molar refractivity (Wildman–Crippen MR) is 263 cm³/mol. The van der Waals surface area contributed by atoms with Gasteiger partial charge in [-0.3, -0.25) is 9.59 Å². The predicted octanol–water partition coefficient (Wildman–Crippen LogP) is 13.9. The molecular formula is C54H94NO8+. The maximum absolute atomic E-state index is 12.8. The Hall–Kier alpha value is -3.27. The largest absolute Gasteiger partial charge is 0.477 e. The molecule has 0 bridgehead atoms. The summed E-state index contributed by atoms with van der Waals surface area (Å²) in [6.45, 7) is 4.78. The molecule has 0 amide bonds. The number of hydrogen-bond donors (Lipinski definition) is 1. The zero-order valence-electron chi connectivity index (χ0n) is 41.0. The van der Waals surface area contributed by atoms with Crippen LogP contribution < -0.4 is 0 Å². The first-order valence-electron chi connectivity index (χ1n) is 25.1. The van der Waals surface area contributed by atoms with E-state index in [1.807, 2.05) is 21.1 Å². The highest BCUT2D eigenvalue weighted by atomic mass is 16.7. The van der Waals surface area contributed by atoms with Crippen LogP contribution in [0.2, 0.25) is 0 Å². The van der Waals surface area contributed by atoms with Crippen LogP contribution in [0.15, 0.2) is 72.9 Å². The quantitative estimate of drug-likeness (QED) is 0.0212. The molecule has 0 rings (SSSR count). The molecule has 0 aliphatic rings. The van der Waals surface area contributed by atoms with Crippen LogP contribution in [-0.2, 0) is 33.3 Å². The van der Waals surface area contributed by atoms with Gasteiger partial charge in [0.15, 0.2) is 6.10 Å². The molecule has 0 aromatic rings. The summed E-state index contributed by atoms with van der Waals surface area (Å²) in [5.41, 5.74) is 0. The van der Waals surface area contributed by atoms with Crippen molar-refractivity contribution in [1.82, 2.24) is 0 Å². The molecule has 0 aliphatic carbocycles. The molecule has 0 saturated heterocycles. The zero-order chi connectivity index (χ0) is 46.3. The Bertz CT molecular complexity index is 1260. The lowest BCUT2D eigenvalue weighted by Gasteiger charge is -2.25. The van der Waals surface area contributed by atoms with Crippen molar-refractivity contribution in [3.8, 4) is 0 Å². The molecule has 362 valence electrons. The number of likely N-dealkylation sites (N-methyl/N-ethyl adjacent to an activating group) is 1. The van der Waals surface area contributed by atoms with Crippen LogP contribution in [0.3, 0.4) is 0 Å². The van der Waals surface area contributed by atoms with Gasteiger partial charge in [0, 0.05) is 12.8 Å². The summed E-state index contributed by atoms with van der Waals surface area (Å²) in [6.07, 6.45) is 53.8. The van der Waals surface area contributed by atoms with Gasteiger partial charge in [0.05, 0.1) is 34.4 Å². The summed E-state index contributed by atoms with van der Waals surface area (Å²) < 4.78 is 22.8. The van der Waals surface area contributed by atoms with E-state index in [4.69, 9.17) is 18.9 Å². The third-order valence-electron chi connectivity index (χ3n) is 10.4. The van der Waals surface area contributed by atoms with Crippen LogP contribution in [0, 0.1) is 0 Å². The SMILES string of the molecule is CCCCC/C=C\C/C=C\C/C=C\CCCCCCCCC(=O)OCC(COC(OCC[N+](C)(C)C)C(=O)O)OC(=O)CCCCCCCC/C=C\C/C=C\C/C=C\CCCCC. The molecule has 0 spiro atoms. The van der Waals surface area contributed by atoms with Crippen molar-refractivity contribution in [2.45, 2.75) is 206 Å². The number of carboxylic acid groups (broad SMARTS) is 1. The van der Waals surface area contributed by atoms with Crippen molar-refractivity contribution in [1.29, 1.82) is 0 Å². The Kier molecular flexibility index (Phi) is 43.0. The first-order chi connectivity index (χ1) is 30.6. The Labute approximate surface area is 386 Å². The van der Waals surface area contributed by atoms with Gasteiger partial charge >= 0.3 is 17.9 Å². The number of ether oxygens (including phenoxy) is 4. The molecule has 9 nitrogen and oxygen atoms in total. The van der Waals surface area contributed by atoms with E-state index in [2.05, 4.69) is 86.8 Å². The van der Waals surface area contributed by atoms with Gasteiger partial charge in [0.1, 0.15) is 13.2 Å². The molecule has 2 unspecified atom stereocenters. The highest BCUT2D eigenvalue weighted by molar-refractivity contribution is 5.71. The number of aliphatic carboxylic acids is 1. The molecule has 0 aliphatic heterocycles. The van der Waals surface area contributed by atoms with Crippen LogP contribution in [0.25, 0.3) is 0 Å². The molecule has 0 fully saturated rings. The van der Waals surface area contributed by atoms with E-state index in [9.17, 15) is 19.5 Å². The van der Waals surface area contributed by atoms with E-state index >= 15 is 0 Å². The number of carboxylic acids is 1. The number of nitrogens with zero attached hydrogens (tertiary/aromatic N) is 1. The van der Waals surface area contributed by atoms with Crippen LogP contribution in [-0.4, -0.2) is 87.4 Å². The number of quaternary nitrogens is 1. The highest BCUT2D eigenvalue weighted by Gasteiger charge is 2.25. The Morgan fingerprint density at radius 2 is 0.857 bits per heavy atom. The van der Waals surface area contributed by atoms with Gasteiger partial charge in [-0.15, -0.1) is 0 Å². The van der Waals surface area contributed by atoms with Gasteiger partial charge in [-0.1, -0.05) is 164 Å². The zero-order valence-corrected chi connectivity index (χ0v) is 41.0. The van der Waals surface area contributed by atoms with Gasteiger partial charge in [0.25, 0.3) is 6.29 Å². The summed E-state index contributed by atoms with van der Waals surface area (Å²) >= 11 is 0. The van der Waals surface area contributed by atoms with Crippen LogP contribution in [0.4, 0.5) is 0 Å². The minimum Gasteiger partial charge on any atom is -0.477 e. The number of carbonyl (C=O) groups excluding carboxylic acids is 2. The van der Waals surface area contributed by atoms with Gasteiger partial charge in [-0.2, -0.15) is 0 Å². The fraction of sp³-hybridized carbons (Fsp3) is 0.722. The molecule has 0 radical (unpaired) electrons. The number of allylic oxidation sites excluding steroid dienone is 12. The smallest absolute Gasteiger partial charge is 0.361 e. The van der Waals surface area contributed by atoms with Crippen molar-refractivity contribution in [3.05, 3.63) is 72.9 Å². The standard InChI is InChI=1S/C54H93NO8/c1-6-8-10-12-14-16-18-20-22-24-26-28-30-32-34-36-38-40-42-44-51(56)61-48-50(49-62-54(53(58)59)60-47-46-55(3,4)5)63-52(57)45-43-41-39-37-35-33-31-29-27-25-23-21-19-17-15-13-11-9-7-2/h14-17,20-23,26-29,50,54H,6-13,18-19,24-25,30-49H2,1-5H3/p+1/b16-14-,17-15-,22-20-,23-21-,28-26-,29-27-. The molecule has 0 aromatic heterocycles. The average molecular weight is 885 g/mol. The lowest BCUT2D eigenvalue weighted by atomic mass is 10.1. The molecule has 0 aromatic carbocycles. The van der Waals surface area contributed by atoms with Crippen molar-refractivity contribution in [2.75, 3.05) is 47.5 Å². The molecule has 63 heavy (non-hydrogen) atoms. The first-order valence-corrected chi connectivity index (χ1v) is 25.1. The lowest BCUT2D eigenvalue weighted by Crippen LogP contribution is -2.40. The summed E-state index contributed by atoms with van der Waals surface area (Å²) in [5, 5.41) is 9.66. The normalized spacial score (nSPS) is 13.5. The van der Waals surface area contributed by atoms with Crippen LogP contribution >= 0.6 is 0 Å². The molecule has 0 heterocycles. The number of hydrogen-bond acceptors (Lipinski definition) is 7. The number of carbonyl (C=O) groups is 3. The van der Waals surface area contributed by atoms with Crippen molar-refractivity contribution in [2.24, 2.45) is 0 Å². The summed E-state index contributed by atoms with van der Waals surface area (Å²) in [4.78, 5) is 37.3. The van der Waals surface area contributed by atoms with E-state index in [1.54, 1.807) is 0 Å². The summed E-state index contributed by atoms with van der Waals surface area (Å²) in [5.74, 6) is -2.05. The molecule has 2 atom stereocenters. The third-order valence-corrected chi connectivity index (χ3v) is 10.4. The lowest BCUT2D eigenvalue weighted by molar-refractivity contribution is -0.870. The molecule has 9 heteroatoms. The second-order valence-electron chi connectivity index (χ2n) is 17.8. The van der Waals surface area contributed by atoms with Crippen LogP contribution in [0.5, 0.6) is 0 Å². The number of esters is 2. The molecule has 1 N–H and O–H groups in total. The van der Waals surface area contributed by atoms with Crippen molar-refractivity contribution in [3.63, 3.8) is 0 Å². The first kappa shape index (κ1) is 59.7. The van der Waals surface area contributed by atoms with E-state index < -0.39 is 24.3 Å². The second kappa shape index (κ2) is 45.3. The second-order valence-corrected chi connectivity index (χ2v) is 17.8. The highest BCUT2D eigenvalue weighted by Crippen LogP contribution is 2.13. The fourth-order valence-electron chi connectivity index (χ4n) is 6.50. The maximum atomic E-state index is 12.8. The summed E-state index contributed by atoms with van der Waals surface area (Å²) in [7, 11) is 5.95. The van der Waals surface area contributed by atoms with Gasteiger partial charge in [0.2, 0.25) is 0 Å². The summed E-state index contributed by atoms with van der Waals surface area (Å²) in [6, 6.07) is 0. The van der Waals surface area contributed by atoms with E-state index in [-0.39, 0.29) is 38.6 Å². The van der Waals surface area contributed by atoms with E-state index in [1.165, 1.54) is 64.2 Å².